The Balaban J connectivity index is 2.61. The standard InChI is InChI=1S/C19H16F6N2O3/c1-2-30-16(29)17(19(23,24)25,27-15(28)12-8-4-3-5-9-12)26-14-11-7-6-10-13(14)18(20,21)22/h3-11,26H,2H2,1H3,(H,27,28). The number of halogens is 6. The molecule has 0 saturated carbocycles. The fraction of sp³-hybridized carbons (Fsp3) is 0.263. The molecule has 162 valence electrons. The van der Waals surface area contributed by atoms with E-state index in [1.165, 1.54) is 42.6 Å². The molecule has 2 aromatic rings. The third-order valence-electron chi connectivity index (χ3n) is 3.90. The van der Waals surface area contributed by atoms with Gasteiger partial charge in [0, 0.05) is 11.3 Å². The van der Waals surface area contributed by atoms with Gasteiger partial charge in [0.25, 0.3) is 5.91 Å². The smallest absolute Gasteiger partial charge is 0.441 e. The van der Waals surface area contributed by atoms with Crippen LogP contribution < -0.4 is 10.6 Å². The van der Waals surface area contributed by atoms with E-state index in [4.69, 9.17) is 0 Å². The van der Waals surface area contributed by atoms with E-state index in [0.717, 1.165) is 12.1 Å². The van der Waals surface area contributed by atoms with Gasteiger partial charge < -0.3 is 15.4 Å². The van der Waals surface area contributed by atoms with Gasteiger partial charge in [-0.1, -0.05) is 30.3 Å². The molecule has 1 amide bonds. The molecule has 11 heteroatoms. The second-order valence-corrected chi connectivity index (χ2v) is 5.96. The Hall–Kier alpha value is -3.24. The van der Waals surface area contributed by atoms with Gasteiger partial charge in [0.1, 0.15) is 0 Å². The first-order valence-corrected chi connectivity index (χ1v) is 8.48. The van der Waals surface area contributed by atoms with Crippen molar-refractivity contribution in [2.24, 2.45) is 0 Å². The van der Waals surface area contributed by atoms with Gasteiger partial charge in [-0.05, 0) is 31.2 Å². The van der Waals surface area contributed by atoms with Crippen LogP contribution in [0.5, 0.6) is 0 Å². The summed E-state index contributed by atoms with van der Waals surface area (Å²) in [4.78, 5) is 24.7. The van der Waals surface area contributed by atoms with Crippen molar-refractivity contribution >= 4 is 17.6 Å². The quantitative estimate of drug-likeness (QED) is 0.403. The van der Waals surface area contributed by atoms with Gasteiger partial charge in [-0.25, -0.2) is 4.79 Å². The summed E-state index contributed by atoms with van der Waals surface area (Å²) in [7, 11) is 0. The Bertz CT molecular complexity index is 899. The summed E-state index contributed by atoms with van der Waals surface area (Å²) in [6.07, 6.45) is -10.6. The highest BCUT2D eigenvalue weighted by Gasteiger charge is 2.64. The van der Waals surface area contributed by atoms with Crippen molar-refractivity contribution in [3.8, 4) is 0 Å². The molecule has 0 aliphatic heterocycles. The molecule has 0 aliphatic rings. The molecule has 1 atom stereocenters. The van der Waals surface area contributed by atoms with Gasteiger partial charge in [0.05, 0.1) is 12.2 Å². The first kappa shape index (κ1) is 23.0. The highest BCUT2D eigenvalue weighted by molar-refractivity contribution is 5.99. The van der Waals surface area contributed by atoms with Crippen molar-refractivity contribution in [2.45, 2.75) is 24.9 Å². The Morgan fingerprint density at radius 3 is 2.00 bits per heavy atom. The molecular weight excluding hydrogens is 418 g/mol. The largest absolute Gasteiger partial charge is 0.463 e. The third-order valence-corrected chi connectivity index (χ3v) is 3.90. The Kier molecular flexibility index (Phi) is 6.63. The molecule has 2 aromatic carbocycles. The lowest BCUT2D eigenvalue weighted by molar-refractivity contribution is -0.204. The fourth-order valence-corrected chi connectivity index (χ4v) is 2.50. The lowest BCUT2D eigenvalue weighted by Crippen LogP contribution is -2.69. The van der Waals surface area contributed by atoms with Crippen LogP contribution in [0.2, 0.25) is 0 Å². The summed E-state index contributed by atoms with van der Waals surface area (Å²) in [5.41, 5.74) is -6.75. The number of nitrogens with one attached hydrogen (secondary N) is 2. The molecule has 2 N–H and O–H groups in total. The summed E-state index contributed by atoms with van der Waals surface area (Å²) < 4.78 is 86.5. The SMILES string of the molecule is CCOC(=O)C(NC(=O)c1ccccc1)(Nc1ccccc1C(F)(F)F)C(F)(F)F. The van der Waals surface area contributed by atoms with E-state index in [-0.39, 0.29) is 5.56 Å². The van der Waals surface area contributed by atoms with Gasteiger partial charge in [-0.15, -0.1) is 0 Å². The number of hydrogen-bond acceptors (Lipinski definition) is 4. The molecule has 0 bridgehead atoms. The molecule has 30 heavy (non-hydrogen) atoms. The van der Waals surface area contributed by atoms with Gasteiger partial charge in [0.2, 0.25) is 0 Å². The molecule has 0 heterocycles. The van der Waals surface area contributed by atoms with Crippen molar-refractivity contribution in [2.75, 3.05) is 11.9 Å². The van der Waals surface area contributed by atoms with Crippen LogP contribution in [0.25, 0.3) is 0 Å². The molecular formula is C19H16F6N2O3. The molecule has 0 aromatic heterocycles. The molecule has 5 nitrogen and oxygen atoms in total. The number of ether oxygens (including phenoxy) is 1. The lowest BCUT2D eigenvalue weighted by Gasteiger charge is -2.36. The van der Waals surface area contributed by atoms with E-state index in [0.29, 0.717) is 12.1 Å². The summed E-state index contributed by atoms with van der Waals surface area (Å²) in [6, 6.07) is 9.82. The number of para-hydroxylation sites is 1. The first-order chi connectivity index (χ1) is 13.9. The average molecular weight is 434 g/mol. The van der Waals surface area contributed by atoms with Crippen LogP contribution in [0.3, 0.4) is 0 Å². The zero-order valence-electron chi connectivity index (χ0n) is 15.4. The summed E-state index contributed by atoms with van der Waals surface area (Å²) in [5.74, 6) is -3.36. The number of alkyl halides is 6. The van der Waals surface area contributed by atoms with E-state index in [9.17, 15) is 35.9 Å². The number of hydrogen-bond donors (Lipinski definition) is 2. The third kappa shape index (κ3) is 4.84. The lowest BCUT2D eigenvalue weighted by atomic mass is 10.1. The van der Waals surface area contributed by atoms with Crippen LogP contribution in [0.15, 0.2) is 54.6 Å². The van der Waals surface area contributed by atoms with Crippen LogP contribution in [0.4, 0.5) is 32.0 Å². The first-order valence-electron chi connectivity index (χ1n) is 8.48. The number of carbonyl (C=O) groups is 2. The molecule has 0 fully saturated rings. The van der Waals surface area contributed by atoms with Crippen LogP contribution in [0, 0.1) is 0 Å². The minimum Gasteiger partial charge on any atom is -0.463 e. The highest BCUT2D eigenvalue weighted by Crippen LogP contribution is 2.39. The number of esters is 1. The maximum atomic E-state index is 14.1. The summed E-state index contributed by atoms with van der Waals surface area (Å²) >= 11 is 0. The van der Waals surface area contributed by atoms with Crippen molar-refractivity contribution < 1.29 is 40.7 Å². The van der Waals surface area contributed by atoms with Crippen LogP contribution in [-0.2, 0) is 15.7 Å². The van der Waals surface area contributed by atoms with Crippen molar-refractivity contribution in [1.29, 1.82) is 0 Å². The number of rotatable bonds is 6. The monoisotopic (exact) mass is 434 g/mol. The van der Waals surface area contributed by atoms with Crippen LogP contribution in [-0.4, -0.2) is 30.3 Å². The second kappa shape index (κ2) is 8.64. The van der Waals surface area contributed by atoms with Crippen LogP contribution in [0.1, 0.15) is 22.8 Å². The average Bonchev–Trinajstić information content (AvgIpc) is 2.67. The maximum Gasteiger partial charge on any atom is 0.441 e. The van der Waals surface area contributed by atoms with E-state index in [1.807, 2.05) is 0 Å². The predicted molar refractivity (Wildman–Crippen MR) is 94.4 cm³/mol. The van der Waals surface area contributed by atoms with Crippen molar-refractivity contribution in [3.05, 3.63) is 65.7 Å². The van der Waals surface area contributed by atoms with E-state index < -0.39 is 47.7 Å². The second-order valence-electron chi connectivity index (χ2n) is 5.96. The van der Waals surface area contributed by atoms with Gasteiger partial charge in [-0.2, -0.15) is 26.3 Å². The zero-order chi connectivity index (χ0) is 22.6. The number of carbonyl (C=O) groups excluding carboxylic acids is 2. The molecule has 0 saturated heterocycles. The molecule has 0 aliphatic carbocycles. The van der Waals surface area contributed by atoms with Gasteiger partial charge in [0.15, 0.2) is 0 Å². The molecule has 1 unspecified atom stereocenters. The molecule has 0 radical (unpaired) electrons. The predicted octanol–water partition coefficient (Wildman–Crippen LogP) is 4.37. The van der Waals surface area contributed by atoms with Gasteiger partial charge in [-0.3, -0.25) is 4.79 Å². The van der Waals surface area contributed by atoms with Crippen molar-refractivity contribution in [3.63, 3.8) is 0 Å². The Morgan fingerprint density at radius 2 is 1.47 bits per heavy atom. The minimum atomic E-state index is -5.57. The van der Waals surface area contributed by atoms with E-state index >= 15 is 0 Å². The highest BCUT2D eigenvalue weighted by atomic mass is 19.4. The molecule has 0 spiro atoms. The number of benzene rings is 2. The maximum absolute atomic E-state index is 14.1. The topological polar surface area (TPSA) is 67.4 Å². The summed E-state index contributed by atoms with van der Waals surface area (Å²) in [6.45, 7) is 0.697. The normalized spacial score (nSPS) is 13.8. The van der Waals surface area contributed by atoms with Crippen molar-refractivity contribution in [1.82, 2.24) is 5.32 Å². The number of amides is 1. The zero-order valence-corrected chi connectivity index (χ0v) is 15.4. The van der Waals surface area contributed by atoms with Crippen LogP contribution >= 0.6 is 0 Å². The van der Waals surface area contributed by atoms with E-state index in [2.05, 4.69) is 4.74 Å². The summed E-state index contributed by atoms with van der Waals surface area (Å²) in [5, 5.41) is 3.02. The van der Waals surface area contributed by atoms with Gasteiger partial charge >= 0.3 is 24.0 Å². The van der Waals surface area contributed by atoms with E-state index in [1.54, 1.807) is 5.32 Å². The molecule has 2 rings (SSSR count). The minimum absolute atomic E-state index is 0.249. The fourth-order valence-electron chi connectivity index (χ4n) is 2.50. The Labute approximate surface area is 167 Å². The number of anilines is 1. The Morgan fingerprint density at radius 1 is 0.900 bits per heavy atom.